The molecule has 0 aromatic heterocycles. The third-order valence-corrected chi connectivity index (χ3v) is 1.22. The largest absolute Gasteiger partial charge is 0.673 e. The normalized spacial score (nSPS) is 9.71. The second-order valence-electron chi connectivity index (χ2n) is 2.38. The van der Waals surface area contributed by atoms with Crippen LogP contribution in [-0.4, -0.2) is 7.25 Å². The van der Waals surface area contributed by atoms with Gasteiger partial charge in [0, 0.05) is 11.6 Å². The summed E-state index contributed by atoms with van der Waals surface area (Å²) >= 11 is 0. The molecule has 0 amide bonds. The van der Waals surface area contributed by atoms with Crippen molar-refractivity contribution in [3.63, 3.8) is 0 Å². The van der Waals surface area contributed by atoms with Crippen molar-refractivity contribution in [1.29, 1.82) is 5.39 Å². The van der Waals surface area contributed by atoms with E-state index >= 15 is 0 Å². The SMILES string of the molecule is Cc1ccccc1[N+]#N.F[B-](F)(F)F. The summed E-state index contributed by atoms with van der Waals surface area (Å²) in [5.41, 5.74) is 1.62. The Morgan fingerprint density at radius 2 is 1.57 bits per heavy atom. The lowest BCUT2D eigenvalue weighted by molar-refractivity contribution is 0.368. The molecule has 0 fully saturated rings. The summed E-state index contributed by atoms with van der Waals surface area (Å²) < 4.78 is 39.0. The minimum atomic E-state index is -6.00. The number of diazo groups is 1. The van der Waals surface area contributed by atoms with Crippen LogP contribution in [0.3, 0.4) is 0 Å². The van der Waals surface area contributed by atoms with Crippen LogP contribution in [0, 0.1) is 12.3 Å². The highest BCUT2D eigenvalue weighted by Crippen LogP contribution is 2.15. The molecule has 14 heavy (non-hydrogen) atoms. The summed E-state index contributed by atoms with van der Waals surface area (Å²) in [5, 5.41) is 8.34. The zero-order valence-electron chi connectivity index (χ0n) is 7.29. The molecule has 0 radical (unpaired) electrons. The number of hydrogen-bond acceptors (Lipinski definition) is 1. The fraction of sp³-hybridized carbons (Fsp3) is 0.143. The zero-order valence-corrected chi connectivity index (χ0v) is 7.29. The van der Waals surface area contributed by atoms with Crippen LogP contribution >= 0.6 is 0 Å². The van der Waals surface area contributed by atoms with Gasteiger partial charge in [0.15, 0.2) is 4.98 Å². The van der Waals surface area contributed by atoms with Gasteiger partial charge in [0.1, 0.15) is 0 Å². The number of aryl methyl sites for hydroxylation is 1. The molecule has 0 aliphatic heterocycles. The first-order valence-corrected chi connectivity index (χ1v) is 3.62. The third-order valence-electron chi connectivity index (χ3n) is 1.22. The Kier molecular flexibility index (Phi) is 4.63. The molecule has 7 heteroatoms. The number of benzene rings is 1. The van der Waals surface area contributed by atoms with Gasteiger partial charge < -0.3 is 17.3 Å². The Labute approximate surface area is 78.3 Å². The van der Waals surface area contributed by atoms with E-state index in [0.29, 0.717) is 5.69 Å². The Bertz CT molecular complexity index is 325. The molecule has 0 aliphatic carbocycles. The molecule has 0 atom stereocenters. The van der Waals surface area contributed by atoms with Gasteiger partial charge in [0.2, 0.25) is 5.39 Å². The fourth-order valence-corrected chi connectivity index (χ4v) is 0.676. The van der Waals surface area contributed by atoms with Crippen molar-refractivity contribution in [2.24, 2.45) is 0 Å². The van der Waals surface area contributed by atoms with Crippen LogP contribution < -0.4 is 0 Å². The molecule has 0 N–H and O–H groups in total. The van der Waals surface area contributed by atoms with Gasteiger partial charge in [0.05, 0.1) is 0 Å². The molecule has 0 aliphatic rings. The average molecular weight is 206 g/mol. The van der Waals surface area contributed by atoms with Gasteiger partial charge in [-0.3, -0.25) is 0 Å². The molecule has 1 rings (SSSR count). The predicted molar refractivity (Wildman–Crippen MR) is 46.1 cm³/mol. The van der Waals surface area contributed by atoms with Crippen LogP contribution in [0.4, 0.5) is 23.0 Å². The lowest BCUT2D eigenvalue weighted by Crippen LogP contribution is -2.02. The first-order chi connectivity index (χ1) is 6.34. The van der Waals surface area contributed by atoms with E-state index in [1.807, 2.05) is 25.1 Å². The maximum atomic E-state index is 9.75. The molecule has 0 saturated carbocycles. The van der Waals surface area contributed by atoms with E-state index in [2.05, 4.69) is 4.98 Å². The molecule has 0 heterocycles. The van der Waals surface area contributed by atoms with Crippen molar-refractivity contribution in [2.75, 3.05) is 0 Å². The molecule has 0 spiro atoms. The summed E-state index contributed by atoms with van der Waals surface area (Å²) in [6.07, 6.45) is 0. The Hall–Kier alpha value is -1.58. The number of hydrogen-bond donors (Lipinski definition) is 0. The first-order valence-electron chi connectivity index (χ1n) is 3.62. The smallest absolute Gasteiger partial charge is 0.418 e. The predicted octanol–water partition coefficient (Wildman–Crippen LogP) is 3.78. The highest BCUT2D eigenvalue weighted by atomic mass is 19.5. The summed E-state index contributed by atoms with van der Waals surface area (Å²) in [6.45, 7) is 1.90. The van der Waals surface area contributed by atoms with Crippen LogP contribution in [0.15, 0.2) is 24.3 Å². The first kappa shape index (κ1) is 12.4. The van der Waals surface area contributed by atoms with Gasteiger partial charge in [-0.1, -0.05) is 18.2 Å². The number of rotatable bonds is 0. The lowest BCUT2D eigenvalue weighted by atomic mass is 10.2. The Balaban J connectivity index is 0.000000292. The van der Waals surface area contributed by atoms with Crippen LogP contribution in [-0.2, 0) is 0 Å². The molecule has 1 aromatic carbocycles. The van der Waals surface area contributed by atoms with E-state index in [9.17, 15) is 17.3 Å². The quantitative estimate of drug-likeness (QED) is 0.360. The van der Waals surface area contributed by atoms with Crippen molar-refractivity contribution < 1.29 is 17.3 Å². The van der Waals surface area contributed by atoms with Crippen molar-refractivity contribution in [3.8, 4) is 0 Å². The molecule has 76 valence electrons. The van der Waals surface area contributed by atoms with Gasteiger partial charge in [0.25, 0.3) is 0 Å². The fourth-order valence-electron chi connectivity index (χ4n) is 0.676. The average Bonchev–Trinajstić information content (AvgIpc) is 2.02. The van der Waals surface area contributed by atoms with E-state index < -0.39 is 7.25 Å². The van der Waals surface area contributed by atoms with Gasteiger partial charge in [-0.05, 0) is 6.92 Å². The van der Waals surface area contributed by atoms with Crippen LogP contribution in [0.2, 0.25) is 0 Å². The van der Waals surface area contributed by atoms with Gasteiger partial charge >= 0.3 is 12.9 Å². The van der Waals surface area contributed by atoms with Crippen molar-refractivity contribution in [2.45, 2.75) is 6.92 Å². The second-order valence-corrected chi connectivity index (χ2v) is 2.38. The van der Waals surface area contributed by atoms with E-state index in [1.165, 1.54) is 0 Å². The number of halogens is 4. The van der Waals surface area contributed by atoms with E-state index in [4.69, 9.17) is 5.39 Å². The topological polar surface area (TPSA) is 28.1 Å². The Morgan fingerprint density at radius 3 is 1.86 bits per heavy atom. The van der Waals surface area contributed by atoms with Crippen LogP contribution in [0.25, 0.3) is 4.98 Å². The molecular weight excluding hydrogens is 199 g/mol. The Morgan fingerprint density at radius 1 is 1.14 bits per heavy atom. The van der Waals surface area contributed by atoms with Crippen molar-refractivity contribution >= 4 is 12.9 Å². The zero-order chi connectivity index (χ0) is 11.2. The van der Waals surface area contributed by atoms with Crippen molar-refractivity contribution in [3.05, 3.63) is 34.8 Å². The highest BCUT2D eigenvalue weighted by Gasteiger charge is 2.20. The van der Waals surface area contributed by atoms with Gasteiger partial charge in [-0.15, -0.1) is 0 Å². The summed E-state index contributed by atoms with van der Waals surface area (Å²) in [7, 11) is -6.00. The molecule has 0 bridgehead atoms. The van der Waals surface area contributed by atoms with E-state index in [-0.39, 0.29) is 0 Å². The standard InChI is InChI=1S/C7H7N2.BF4/c1-6-4-2-3-5-7(6)9-8;2-1(3,4)5/h2-5H,1H3;/q+1;-1. The van der Waals surface area contributed by atoms with E-state index in [0.717, 1.165) is 5.56 Å². The highest BCUT2D eigenvalue weighted by molar-refractivity contribution is 6.50. The molecular formula is C7H7BF4N2. The molecule has 1 aromatic rings. The summed E-state index contributed by atoms with van der Waals surface area (Å²) in [4.78, 5) is 3.07. The molecule has 0 unspecified atom stereocenters. The second kappa shape index (κ2) is 5.22. The van der Waals surface area contributed by atoms with Crippen molar-refractivity contribution in [1.82, 2.24) is 0 Å². The van der Waals surface area contributed by atoms with Crippen LogP contribution in [0.5, 0.6) is 0 Å². The maximum absolute atomic E-state index is 9.75. The van der Waals surface area contributed by atoms with Gasteiger partial charge in [-0.2, -0.15) is 0 Å². The molecule has 0 saturated heterocycles. The lowest BCUT2D eigenvalue weighted by Gasteiger charge is -1.94. The third kappa shape index (κ3) is 7.09. The summed E-state index contributed by atoms with van der Waals surface area (Å²) in [5.74, 6) is 0. The minimum Gasteiger partial charge on any atom is -0.418 e. The summed E-state index contributed by atoms with van der Waals surface area (Å²) in [6, 6.07) is 7.40. The number of nitrogens with zero attached hydrogens (tertiary/aromatic N) is 2. The monoisotopic (exact) mass is 206 g/mol. The molecule has 2 nitrogen and oxygen atoms in total. The minimum absolute atomic E-state index is 0.637. The maximum Gasteiger partial charge on any atom is 0.673 e. The van der Waals surface area contributed by atoms with Gasteiger partial charge in [-0.25, -0.2) is 0 Å². The van der Waals surface area contributed by atoms with Crippen LogP contribution in [0.1, 0.15) is 5.56 Å². The van der Waals surface area contributed by atoms with E-state index in [1.54, 1.807) is 6.07 Å².